The van der Waals surface area contributed by atoms with Gasteiger partial charge in [-0.25, -0.2) is 0 Å². The van der Waals surface area contributed by atoms with E-state index in [-0.39, 0.29) is 0 Å². The minimum absolute atomic E-state index is 0.540. The lowest BCUT2D eigenvalue weighted by Crippen LogP contribution is -2.42. The molecular weight excluding hydrogens is 352 g/mol. The van der Waals surface area contributed by atoms with Gasteiger partial charge >= 0.3 is 0 Å². The number of rotatable bonds is 2. The molecule has 1 heteroatoms. The third-order valence-corrected chi connectivity index (χ3v) is 11.3. The molecule has 0 aliphatic heterocycles. The van der Waals surface area contributed by atoms with Gasteiger partial charge in [-0.05, 0) is 54.2 Å². The average Bonchev–Trinajstić information content (AvgIpc) is 3.16. The lowest BCUT2D eigenvalue weighted by Gasteiger charge is -2.38. The molecule has 0 heterocycles. The van der Waals surface area contributed by atoms with E-state index in [2.05, 4.69) is 101 Å². The lowest BCUT2D eigenvalue weighted by atomic mass is 10.0. The number of benzene rings is 3. The number of hydrogen-bond donors (Lipinski definition) is 0. The fourth-order valence-corrected chi connectivity index (χ4v) is 10.7. The molecule has 28 heavy (non-hydrogen) atoms. The Morgan fingerprint density at radius 1 is 0.643 bits per heavy atom. The molecule has 2 aliphatic carbocycles. The predicted molar refractivity (Wildman–Crippen MR) is 124 cm³/mol. The van der Waals surface area contributed by atoms with Crippen LogP contribution in [0.15, 0.2) is 66.2 Å². The van der Waals surface area contributed by atoms with Gasteiger partial charge < -0.3 is 0 Å². The van der Waals surface area contributed by atoms with Gasteiger partial charge in [-0.15, -0.1) is 0 Å². The summed E-state index contributed by atoms with van der Waals surface area (Å²) in [5.41, 5.74) is 14.4. The monoisotopic (exact) mass is 380 g/mol. The second kappa shape index (κ2) is 6.06. The first-order valence-corrected chi connectivity index (χ1v) is 13.5. The fraction of sp³-hybridized carbons (Fsp3) is 0.259. The van der Waals surface area contributed by atoms with Gasteiger partial charge in [0.05, 0.1) is 8.07 Å². The van der Waals surface area contributed by atoms with Crippen molar-refractivity contribution in [1.29, 1.82) is 0 Å². The van der Waals surface area contributed by atoms with Crippen LogP contribution >= 0.6 is 0 Å². The quantitative estimate of drug-likeness (QED) is 0.406. The molecule has 1 unspecified atom stereocenters. The molecule has 0 nitrogen and oxygen atoms in total. The van der Waals surface area contributed by atoms with E-state index in [1.165, 1.54) is 27.8 Å². The van der Waals surface area contributed by atoms with E-state index >= 15 is 0 Å². The van der Waals surface area contributed by atoms with Gasteiger partial charge in [0.2, 0.25) is 0 Å². The zero-order valence-electron chi connectivity index (χ0n) is 17.5. The molecule has 140 valence electrons. The Morgan fingerprint density at radius 3 is 1.82 bits per heavy atom. The molecule has 0 fully saturated rings. The Labute approximate surface area is 170 Å². The van der Waals surface area contributed by atoms with Gasteiger partial charge in [0.1, 0.15) is 0 Å². The maximum absolute atomic E-state index is 2.61. The van der Waals surface area contributed by atoms with Gasteiger partial charge in [-0.3, -0.25) is 0 Å². The Bertz CT molecular complexity index is 1080. The highest BCUT2D eigenvalue weighted by molar-refractivity contribution is 6.81. The van der Waals surface area contributed by atoms with Crippen molar-refractivity contribution in [3.05, 3.63) is 99.6 Å². The predicted octanol–water partition coefficient (Wildman–Crippen LogP) is 7.40. The molecule has 2 aliphatic rings. The van der Waals surface area contributed by atoms with Gasteiger partial charge in [0, 0.05) is 11.1 Å². The highest BCUT2D eigenvalue weighted by Gasteiger charge is 2.48. The minimum Gasteiger partial charge on any atom is -0.0679 e. The second-order valence-electron chi connectivity index (χ2n) is 9.39. The van der Waals surface area contributed by atoms with Crippen molar-refractivity contribution in [3.8, 4) is 11.1 Å². The van der Waals surface area contributed by atoms with Crippen LogP contribution in [0.2, 0.25) is 13.1 Å². The fourth-order valence-electron chi connectivity index (χ4n) is 5.91. The van der Waals surface area contributed by atoms with E-state index in [0.29, 0.717) is 11.1 Å². The van der Waals surface area contributed by atoms with E-state index in [0.717, 1.165) is 0 Å². The van der Waals surface area contributed by atoms with Crippen LogP contribution in [0.5, 0.6) is 0 Å². The summed E-state index contributed by atoms with van der Waals surface area (Å²) in [4.78, 5) is 0. The summed E-state index contributed by atoms with van der Waals surface area (Å²) in [6.07, 6.45) is 2.43. The van der Waals surface area contributed by atoms with Crippen molar-refractivity contribution in [2.24, 2.45) is 0 Å². The Balaban J connectivity index is 1.73. The zero-order valence-corrected chi connectivity index (χ0v) is 18.5. The first-order valence-electron chi connectivity index (χ1n) is 10.4. The van der Waals surface area contributed by atoms with Gasteiger partial charge in [-0.2, -0.15) is 0 Å². The second-order valence-corrected chi connectivity index (χ2v) is 14.2. The number of hydrogen-bond acceptors (Lipinski definition) is 0. The molecule has 0 radical (unpaired) electrons. The highest BCUT2D eigenvalue weighted by Crippen LogP contribution is 2.55. The molecule has 0 spiro atoms. The number of fused-ring (bicyclic) bond motifs is 4. The van der Waals surface area contributed by atoms with Crippen LogP contribution in [0.4, 0.5) is 0 Å². The van der Waals surface area contributed by atoms with Crippen molar-refractivity contribution < 1.29 is 0 Å². The molecule has 3 aromatic carbocycles. The summed E-state index contributed by atoms with van der Waals surface area (Å²) in [5, 5.41) is 0. The number of aryl methyl sites for hydroxylation is 2. The lowest BCUT2D eigenvalue weighted by molar-refractivity contribution is 0.985. The maximum atomic E-state index is 2.61. The molecule has 3 aromatic rings. The van der Waals surface area contributed by atoms with Crippen LogP contribution in [0, 0.1) is 13.8 Å². The standard InChI is InChI=1S/C27H28Si/c1-17-10-12-22-24(14-17)25-15-18(2)11-13-23(25)27(22)28(4,5)26-19(3)16-20-8-6-7-9-21(20)26/h6-16,26-27H,1-5H3. The van der Waals surface area contributed by atoms with Crippen LogP contribution in [0.25, 0.3) is 17.2 Å². The molecule has 0 bridgehead atoms. The third kappa shape index (κ3) is 2.42. The first kappa shape index (κ1) is 17.7. The molecule has 1 atom stereocenters. The van der Waals surface area contributed by atoms with Crippen LogP contribution in [0.1, 0.15) is 51.4 Å². The summed E-state index contributed by atoms with van der Waals surface area (Å²) < 4.78 is 0. The summed E-state index contributed by atoms with van der Waals surface area (Å²) in [6, 6.07) is 23.3. The SMILES string of the molecule is CC1=Cc2ccccc2C1[Si](C)(C)C1c2ccc(C)cc2-c2cc(C)ccc21. The van der Waals surface area contributed by atoms with Crippen LogP contribution in [0.3, 0.4) is 0 Å². The summed E-state index contributed by atoms with van der Waals surface area (Å²) >= 11 is 0. The van der Waals surface area contributed by atoms with Crippen LogP contribution in [-0.2, 0) is 0 Å². The number of allylic oxidation sites excluding steroid dienone is 1. The first-order chi connectivity index (χ1) is 13.4. The zero-order chi connectivity index (χ0) is 19.6. The Morgan fingerprint density at radius 2 is 1.21 bits per heavy atom. The van der Waals surface area contributed by atoms with Crippen molar-refractivity contribution in [2.45, 2.75) is 44.9 Å². The summed E-state index contributed by atoms with van der Waals surface area (Å²) in [5.74, 6) is 0. The summed E-state index contributed by atoms with van der Waals surface area (Å²) in [7, 11) is -1.76. The van der Waals surface area contributed by atoms with E-state index in [9.17, 15) is 0 Å². The van der Waals surface area contributed by atoms with Gasteiger partial charge in [0.15, 0.2) is 0 Å². The average molecular weight is 381 g/mol. The molecule has 0 aromatic heterocycles. The van der Waals surface area contributed by atoms with Gasteiger partial charge in [-0.1, -0.05) is 96.5 Å². The van der Waals surface area contributed by atoms with E-state index in [1.54, 1.807) is 22.3 Å². The normalized spacial score (nSPS) is 17.9. The molecule has 0 saturated heterocycles. The topological polar surface area (TPSA) is 0 Å². The van der Waals surface area contributed by atoms with Gasteiger partial charge in [0.25, 0.3) is 0 Å². The van der Waals surface area contributed by atoms with Crippen molar-refractivity contribution in [1.82, 2.24) is 0 Å². The third-order valence-electron chi connectivity index (χ3n) is 6.96. The van der Waals surface area contributed by atoms with Crippen LogP contribution in [-0.4, -0.2) is 8.07 Å². The summed E-state index contributed by atoms with van der Waals surface area (Å²) in [6.45, 7) is 12.0. The molecule has 0 N–H and O–H groups in total. The molecular formula is C27H28Si. The van der Waals surface area contributed by atoms with Crippen molar-refractivity contribution in [3.63, 3.8) is 0 Å². The Kier molecular flexibility index (Phi) is 3.83. The molecule has 5 rings (SSSR count). The van der Waals surface area contributed by atoms with E-state index in [1.807, 2.05) is 0 Å². The smallest absolute Gasteiger partial charge is 0.0679 e. The van der Waals surface area contributed by atoms with Crippen LogP contribution < -0.4 is 0 Å². The largest absolute Gasteiger partial charge is 0.0726 e. The van der Waals surface area contributed by atoms with Crippen molar-refractivity contribution in [2.75, 3.05) is 0 Å². The van der Waals surface area contributed by atoms with E-state index < -0.39 is 8.07 Å². The highest BCUT2D eigenvalue weighted by atomic mass is 28.3. The van der Waals surface area contributed by atoms with Crippen molar-refractivity contribution >= 4 is 14.1 Å². The molecule has 0 saturated carbocycles. The minimum atomic E-state index is -1.76. The van der Waals surface area contributed by atoms with E-state index in [4.69, 9.17) is 0 Å². The maximum Gasteiger partial charge on any atom is 0.0726 e. The molecule has 0 amide bonds. The Hall–Kier alpha value is -2.38.